The molecule has 6 heterocycles. The predicted octanol–water partition coefficient (Wildman–Crippen LogP) is 6.51. The van der Waals surface area contributed by atoms with Crippen LogP contribution in [-0.4, -0.2) is 80.5 Å². The van der Waals surface area contributed by atoms with E-state index in [-0.39, 0.29) is 92.1 Å². The third-order valence-corrected chi connectivity index (χ3v) is 13.7. The molecule has 1 spiro atoms. The minimum Gasteiger partial charge on any atom is -0.507 e. The molecule has 1 amide bonds. The van der Waals surface area contributed by atoms with Crippen LogP contribution in [0.5, 0.6) is 17.2 Å². The molecule has 0 aliphatic carbocycles. The van der Waals surface area contributed by atoms with E-state index in [1.807, 2.05) is 52.0 Å². The SMILES string of the molecule is CC(=O)O[C@H]1[C@H](C)[C@H](O)[C@H](C)C[C@@H](C)/C=C/C=C(/C)C(=O)Nc2c(O)c3c(O)c(C)c4c(c3c3c2=N[C@]2(CC[C@@H]5CC[C@H](C2)N5C)N=3)C(=O)[C@@](C)(C/C=C/C[C@H]1C)O4. The Bertz CT molecular complexity index is 2260. The minimum absolute atomic E-state index is 0.0193. The lowest BCUT2D eigenvalue weighted by atomic mass is 9.80. The quantitative estimate of drug-likeness (QED) is 0.143. The number of allylic oxidation sites excluding steroid dienone is 4. The van der Waals surface area contributed by atoms with Gasteiger partial charge in [0, 0.05) is 54.3 Å². The van der Waals surface area contributed by atoms with Gasteiger partial charge in [-0.15, -0.1) is 0 Å². The fraction of sp³-hybridized carbons (Fsp3) is 0.587. The van der Waals surface area contributed by atoms with Crippen LogP contribution in [-0.2, 0) is 14.3 Å². The second-order valence-electron chi connectivity index (χ2n) is 18.2. The zero-order chi connectivity index (χ0) is 42.0. The van der Waals surface area contributed by atoms with Crippen LogP contribution in [0.3, 0.4) is 0 Å². The molecular formula is C46H60N4O8. The van der Waals surface area contributed by atoms with Gasteiger partial charge in [0.25, 0.3) is 5.91 Å². The Balaban J connectivity index is 1.39. The zero-order valence-electron chi connectivity index (χ0n) is 35.4. The van der Waals surface area contributed by atoms with E-state index in [1.54, 1.807) is 26.8 Å². The Morgan fingerprint density at radius 2 is 1.69 bits per heavy atom. The number of anilines is 1. The first kappa shape index (κ1) is 41.6. The summed E-state index contributed by atoms with van der Waals surface area (Å²) < 4.78 is 12.3. The molecule has 2 aromatic carbocycles. The number of hydrogen-bond acceptors (Lipinski definition) is 11. The second kappa shape index (κ2) is 15.6. The number of aromatic hydroxyl groups is 2. The number of fused-ring (bicyclic) bond motifs is 15. The maximum Gasteiger partial charge on any atom is 0.302 e. The van der Waals surface area contributed by atoms with Gasteiger partial charge in [-0.25, -0.2) is 0 Å². The number of ether oxygens (including phenoxy) is 2. The molecular weight excluding hydrogens is 737 g/mol. The van der Waals surface area contributed by atoms with Crippen molar-refractivity contribution in [1.29, 1.82) is 0 Å². The van der Waals surface area contributed by atoms with Crippen molar-refractivity contribution in [3.8, 4) is 17.2 Å². The highest BCUT2D eigenvalue weighted by Crippen LogP contribution is 2.50. The molecule has 4 N–H and O–H groups in total. The fourth-order valence-corrected chi connectivity index (χ4v) is 10.2. The average molecular weight is 797 g/mol. The Morgan fingerprint density at radius 3 is 2.41 bits per heavy atom. The molecule has 2 fully saturated rings. The van der Waals surface area contributed by atoms with Crippen LogP contribution in [0.4, 0.5) is 5.69 Å². The molecule has 6 aliphatic rings. The van der Waals surface area contributed by atoms with Crippen molar-refractivity contribution in [1.82, 2.24) is 4.90 Å². The molecule has 0 unspecified atom stereocenters. The number of aliphatic hydroxyl groups is 1. The van der Waals surface area contributed by atoms with Gasteiger partial charge in [0.1, 0.15) is 28.6 Å². The molecule has 8 rings (SSSR count). The van der Waals surface area contributed by atoms with Gasteiger partial charge >= 0.3 is 5.97 Å². The zero-order valence-corrected chi connectivity index (χ0v) is 35.4. The second-order valence-corrected chi connectivity index (χ2v) is 18.2. The molecule has 6 aliphatic heterocycles. The lowest BCUT2D eigenvalue weighted by molar-refractivity contribution is -0.156. The summed E-state index contributed by atoms with van der Waals surface area (Å²) in [5, 5.41) is 39.4. The number of nitrogens with one attached hydrogen (secondary N) is 1. The highest BCUT2D eigenvalue weighted by molar-refractivity contribution is 6.20. The van der Waals surface area contributed by atoms with Crippen LogP contribution in [0.15, 0.2) is 45.9 Å². The van der Waals surface area contributed by atoms with Crippen molar-refractivity contribution >= 4 is 34.1 Å². The predicted molar refractivity (Wildman–Crippen MR) is 222 cm³/mol. The molecule has 58 heavy (non-hydrogen) atoms. The minimum atomic E-state index is -1.35. The molecule has 0 saturated carbocycles. The van der Waals surface area contributed by atoms with E-state index < -0.39 is 35.3 Å². The maximum absolute atomic E-state index is 14.8. The van der Waals surface area contributed by atoms with E-state index >= 15 is 0 Å². The van der Waals surface area contributed by atoms with E-state index in [1.165, 1.54) is 6.92 Å². The van der Waals surface area contributed by atoms with Crippen molar-refractivity contribution in [3.05, 3.63) is 57.8 Å². The van der Waals surface area contributed by atoms with Crippen LogP contribution in [0.2, 0.25) is 0 Å². The summed E-state index contributed by atoms with van der Waals surface area (Å²) in [6.07, 6.45) is 13.7. The number of carbonyl (C=O) groups excluding carboxylic acids is 3. The molecule has 312 valence electrons. The highest BCUT2D eigenvalue weighted by atomic mass is 16.5. The van der Waals surface area contributed by atoms with Crippen LogP contribution < -0.4 is 20.8 Å². The van der Waals surface area contributed by atoms with Gasteiger partial charge < -0.3 is 35.0 Å². The Labute approximate surface area is 340 Å². The number of phenols is 2. The van der Waals surface area contributed by atoms with E-state index in [2.05, 4.69) is 17.3 Å². The lowest BCUT2D eigenvalue weighted by Gasteiger charge is -2.34. The Kier molecular flexibility index (Phi) is 11.2. The molecule has 0 radical (unpaired) electrons. The van der Waals surface area contributed by atoms with Gasteiger partial charge in [-0.05, 0) is 84.1 Å². The number of nitrogens with zero attached hydrogens (tertiary/aromatic N) is 3. The van der Waals surface area contributed by atoms with Gasteiger partial charge in [-0.1, -0.05) is 58.1 Å². The van der Waals surface area contributed by atoms with Crippen molar-refractivity contribution in [2.24, 2.45) is 33.7 Å². The maximum atomic E-state index is 14.8. The number of carbonyl (C=O) groups is 3. The highest BCUT2D eigenvalue weighted by Gasteiger charge is 2.49. The van der Waals surface area contributed by atoms with E-state index in [0.29, 0.717) is 42.7 Å². The third-order valence-electron chi connectivity index (χ3n) is 13.7. The van der Waals surface area contributed by atoms with E-state index in [4.69, 9.17) is 19.5 Å². The smallest absolute Gasteiger partial charge is 0.302 e. The molecule has 12 nitrogen and oxygen atoms in total. The molecule has 2 aromatic rings. The van der Waals surface area contributed by atoms with Gasteiger partial charge in [-0.2, -0.15) is 0 Å². The summed E-state index contributed by atoms with van der Waals surface area (Å²) >= 11 is 0. The number of ketones is 1. The third kappa shape index (κ3) is 7.24. The van der Waals surface area contributed by atoms with Crippen molar-refractivity contribution < 1.29 is 39.2 Å². The number of phenolic OH excluding ortho intramolecular Hbond substituents is 2. The number of hydrogen-bond donors (Lipinski definition) is 4. The molecule has 7 bridgehead atoms. The average Bonchev–Trinajstić information content (AvgIpc) is 3.77. The summed E-state index contributed by atoms with van der Waals surface area (Å²) in [7, 11) is 2.15. The molecule has 10 atom stereocenters. The van der Waals surface area contributed by atoms with Crippen molar-refractivity contribution in [2.75, 3.05) is 12.4 Å². The monoisotopic (exact) mass is 796 g/mol. The standard InChI is InChI=1S/C46H60N4O8/c1-23-13-12-15-25(3)44(56)47-37-36-35(48-46(49-36)20-18-30-16-17-31(22-46)50(30)9)32-33(40(37)54)39(53)28(6)42-34(32)43(55)45(8,58-42)19-11-10-14-24(2)41(57-29(7)51)27(5)38(52)26(4)21-23/h10-13,15,23-24,26-27,30-31,38,41,52-54H,14,16-22H2,1-9H3,(H,47,56)/b11-10+,13-12+,25-15-/t23-,24+,26+,27+,30-,31+,38+,41+,45+,46-/m0/s1. The normalized spacial score (nSPS) is 36.3. The van der Waals surface area contributed by atoms with Gasteiger partial charge in [0.05, 0.1) is 22.4 Å². The first-order chi connectivity index (χ1) is 27.4. The van der Waals surface area contributed by atoms with Crippen molar-refractivity contribution in [2.45, 2.75) is 142 Å². The fourth-order valence-electron chi connectivity index (χ4n) is 10.2. The first-order valence-corrected chi connectivity index (χ1v) is 21.0. The van der Waals surface area contributed by atoms with Crippen LogP contribution >= 0.6 is 0 Å². The summed E-state index contributed by atoms with van der Waals surface area (Å²) in [4.78, 5) is 54.0. The van der Waals surface area contributed by atoms with Crippen LogP contribution in [0.25, 0.3) is 10.8 Å². The van der Waals surface area contributed by atoms with Gasteiger partial charge in [0.15, 0.2) is 17.0 Å². The van der Waals surface area contributed by atoms with Gasteiger partial charge in [-0.3, -0.25) is 24.4 Å². The first-order valence-electron chi connectivity index (χ1n) is 21.0. The largest absolute Gasteiger partial charge is 0.507 e. The van der Waals surface area contributed by atoms with Gasteiger partial charge in [0.2, 0.25) is 5.78 Å². The summed E-state index contributed by atoms with van der Waals surface area (Å²) in [6.45, 7) is 14.3. The topological polar surface area (TPSA) is 170 Å². The molecule has 12 heteroatoms. The number of aliphatic hydroxyl groups excluding tert-OH is 1. The van der Waals surface area contributed by atoms with Crippen LogP contribution in [0, 0.1) is 30.6 Å². The summed E-state index contributed by atoms with van der Waals surface area (Å²) in [5.74, 6) is -2.21. The molecule has 0 aromatic heterocycles. The van der Waals surface area contributed by atoms with Crippen LogP contribution in [0.1, 0.15) is 116 Å². The molecule has 2 saturated heterocycles. The Hall–Kier alpha value is -4.55. The van der Waals surface area contributed by atoms with Crippen molar-refractivity contribution in [3.63, 3.8) is 0 Å². The lowest BCUT2D eigenvalue weighted by Crippen LogP contribution is -2.40. The number of rotatable bonds is 1. The number of esters is 1. The van der Waals surface area contributed by atoms with E-state index in [0.717, 1.165) is 19.3 Å². The van der Waals surface area contributed by atoms with E-state index in [9.17, 15) is 29.7 Å². The summed E-state index contributed by atoms with van der Waals surface area (Å²) in [6, 6.07) is 0.663. The Morgan fingerprint density at radius 1 is 0.983 bits per heavy atom. The number of benzene rings is 2. The summed E-state index contributed by atoms with van der Waals surface area (Å²) in [5.41, 5.74) is -1.32. The number of Topliss-reactive ketones (excluding diaryl/α,β-unsaturated/α-hetero) is 1. The number of amides is 1.